The maximum atomic E-state index is 13.9. The number of amides is 1. The van der Waals surface area contributed by atoms with E-state index in [2.05, 4.69) is 4.98 Å². The minimum atomic E-state index is -0.246. The molecule has 4 rings (SSSR count). The van der Waals surface area contributed by atoms with E-state index in [-0.39, 0.29) is 24.2 Å². The summed E-state index contributed by atoms with van der Waals surface area (Å²) in [6, 6.07) is 14.6. The van der Waals surface area contributed by atoms with Gasteiger partial charge in [-0.25, -0.2) is 9.37 Å². The third-order valence-electron chi connectivity index (χ3n) is 6.04. The summed E-state index contributed by atoms with van der Waals surface area (Å²) in [5.41, 5.74) is 1.71. The first-order valence-corrected chi connectivity index (χ1v) is 11.3. The summed E-state index contributed by atoms with van der Waals surface area (Å²) < 4.78 is 25.2. The van der Waals surface area contributed by atoms with Crippen LogP contribution in [0.15, 0.2) is 59.1 Å². The smallest absolute Gasteiger partial charge is 0.236 e. The van der Waals surface area contributed by atoms with Gasteiger partial charge in [-0.15, -0.1) is 0 Å². The Hall–Kier alpha value is -3.19. The van der Waals surface area contributed by atoms with E-state index in [1.54, 1.807) is 25.4 Å². The van der Waals surface area contributed by atoms with Crippen molar-refractivity contribution in [1.82, 2.24) is 14.8 Å². The molecular formula is C26H30FN3O3. The highest BCUT2D eigenvalue weighted by atomic mass is 19.1. The van der Waals surface area contributed by atoms with Crippen molar-refractivity contribution in [2.24, 2.45) is 0 Å². The number of hydrogen-bond donors (Lipinski definition) is 0. The standard InChI is InChI=1S/C26H30FN3O3/c1-29(16-20-6-3-4-8-24(20)27)18-25(31)30-13-5-7-21(17-30)26-28-15-23(33-26)14-19-9-11-22(32-2)12-10-19/h3-4,6,8-12,15,21H,5,7,13-14,16-18H2,1-2H3/t21-/m0/s1. The lowest BCUT2D eigenvalue weighted by Gasteiger charge is -2.32. The molecule has 0 radical (unpaired) electrons. The average Bonchev–Trinajstić information content (AvgIpc) is 3.29. The van der Waals surface area contributed by atoms with Crippen molar-refractivity contribution in [1.29, 1.82) is 0 Å². The Balaban J connectivity index is 1.32. The second kappa shape index (κ2) is 10.6. The van der Waals surface area contributed by atoms with Crippen LogP contribution in [-0.4, -0.2) is 54.5 Å². The lowest BCUT2D eigenvalue weighted by Crippen LogP contribution is -2.43. The van der Waals surface area contributed by atoms with E-state index in [1.807, 2.05) is 47.2 Å². The Kier molecular flexibility index (Phi) is 7.40. The largest absolute Gasteiger partial charge is 0.497 e. The number of hydrogen-bond acceptors (Lipinski definition) is 5. The molecule has 6 nitrogen and oxygen atoms in total. The van der Waals surface area contributed by atoms with E-state index >= 15 is 0 Å². The van der Waals surface area contributed by atoms with Gasteiger partial charge in [-0.05, 0) is 43.7 Å². The summed E-state index contributed by atoms with van der Waals surface area (Å²) >= 11 is 0. The second-order valence-electron chi connectivity index (χ2n) is 8.63. The minimum absolute atomic E-state index is 0.0450. The maximum absolute atomic E-state index is 13.9. The normalized spacial score (nSPS) is 16.2. The Bertz CT molecular complexity index is 1070. The number of oxazole rings is 1. The third kappa shape index (κ3) is 5.99. The lowest BCUT2D eigenvalue weighted by atomic mass is 9.98. The van der Waals surface area contributed by atoms with Gasteiger partial charge in [0.15, 0.2) is 5.89 Å². The molecule has 1 amide bonds. The predicted molar refractivity (Wildman–Crippen MR) is 124 cm³/mol. The van der Waals surface area contributed by atoms with Crippen LogP contribution in [0.3, 0.4) is 0 Å². The predicted octanol–water partition coefficient (Wildman–Crippen LogP) is 4.25. The summed E-state index contributed by atoms with van der Waals surface area (Å²) in [5.74, 6) is 2.21. The van der Waals surface area contributed by atoms with Crippen molar-refractivity contribution in [3.05, 3.63) is 83.3 Å². The van der Waals surface area contributed by atoms with Crippen LogP contribution in [0.25, 0.3) is 0 Å². The van der Waals surface area contributed by atoms with Crippen molar-refractivity contribution in [2.75, 3.05) is 33.8 Å². The quantitative estimate of drug-likeness (QED) is 0.513. The van der Waals surface area contributed by atoms with Crippen LogP contribution in [-0.2, 0) is 17.8 Å². The van der Waals surface area contributed by atoms with E-state index in [1.165, 1.54) is 6.07 Å². The summed E-state index contributed by atoms with van der Waals surface area (Å²) in [5, 5.41) is 0. The molecule has 2 heterocycles. The first-order chi connectivity index (χ1) is 16.0. The van der Waals surface area contributed by atoms with E-state index in [4.69, 9.17) is 9.15 Å². The fourth-order valence-corrected chi connectivity index (χ4v) is 4.25. The number of aromatic nitrogens is 1. The van der Waals surface area contributed by atoms with Crippen LogP contribution in [0.2, 0.25) is 0 Å². The molecule has 7 heteroatoms. The van der Waals surface area contributed by atoms with Gasteiger partial charge in [-0.2, -0.15) is 0 Å². The Labute approximate surface area is 194 Å². The van der Waals surface area contributed by atoms with Crippen molar-refractivity contribution >= 4 is 5.91 Å². The number of ether oxygens (including phenoxy) is 1. The number of carbonyl (C=O) groups excluding carboxylic acids is 1. The molecule has 174 valence electrons. The zero-order valence-corrected chi connectivity index (χ0v) is 19.2. The number of carbonyl (C=O) groups is 1. The highest BCUT2D eigenvalue weighted by Gasteiger charge is 2.28. The summed E-state index contributed by atoms with van der Waals surface area (Å²) in [4.78, 5) is 21.1. The summed E-state index contributed by atoms with van der Waals surface area (Å²) in [7, 11) is 3.49. The molecule has 0 spiro atoms. The number of likely N-dealkylation sites (N-methyl/N-ethyl adjacent to an activating group) is 1. The molecule has 33 heavy (non-hydrogen) atoms. The van der Waals surface area contributed by atoms with E-state index < -0.39 is 0 Å². The van der Waals surface area contributed by atoms with Crippen LogP contribution in [0, 0.1) is 5.82 Å². The number of halogens is 1. The molecule has 1 aliphatic rings. The van der Waals surface area contributed by atoms with E-state index in [0.717, 1.165) is 36.5 Å². The van der Waals surface area contributed by atoms with Crippen LogP contribution in [0.4, 0.5) is 4.39 Å². The molecule has 1 aromatic heterocycles. The molecule has 2 aromatic carbocycles. The Morgan fingerprint density at radius 3 is 2.79 bits per heavy atom. The highest BCUT2D eigenvalue weighted by Crippen LogP contribution is 2.27. The number of nitrogens with zero attached hydrogens (tertiary/aromatic N) is 3. The highest BCUT2D eigenvalue weighted by molar-refractivity contribution is 5.78. The monoisotopic (exact) mass is 451 g/mol. The Morgan fingerprint density at radius 1 is 1.24 bits per heavy atom. The maximum Gasteiger partial charge on any atom is 0.236 e. The molecular weight excluding hydrogens is 421 g/mol. The number of piperidine rings is 1. The van der Waals surface area contributed by atoms with Gasteiger partial charge in [-0.3, -0.25) is 9.69 Å². The van der Waals surface area contributed by atoms with Crippen LogP contribution >= 0.6 is 0 Å². The molecule has 1 saturated heterocycles. The summed E-state index contributed by atoms with van der Waals surface area (Å²) in [6.45, 7) is 1.96. The molecule has 0 N–H and O–H groups in total. The zero-order valence-electron chi connectivity index (χ0n) is 19.2. The first-order valence-electron chi connectivity index (χ1n) is 11.3. The fraction of sp³-hybridized carbons (Fsp3) is 0.385. The van der Waals surface area contributed by atoms with E-state index in [9.17, 15) is 9.18 Å². The van der Waals surface area contributed by atoms with Gasteiger partial charge in [0.25, 0.3) is 0 Å². The zero-order chi connectivity index (χ0) is 23.2. The minimum Gasteiger partial charge on any atom is -0.497 e. The van der Waals surface area contributed by atoms with Gasteiger partial charge in [0.05, 0.1) is 25.8 Å². The van der Waals surface area contributed by atoms with Gasteiger partial charge < -0.3 is 14.1 Å². The number of likely N-dealkylation sites (tertiary alicyclic amines) is 1. The average molecular weight is 452 g/mol. The van der Waals surface area contributed by atoms with Crippen LogP contribution in [0.1, 0.15) is 41.5 Å². The van der Waals surface area contributed by atoms with Crippen LogP contribution < -0.4 is 4.74 Å². The first kappa shape index (κ1) is 23.0. The topological polar surface area (TPSA) is 58.8 Å². The lowest BCUT2D eigenvalue weighted by molar-refractivity contribution is -0.133. The van der Waals surface area contributed by atoms with Gasteiger partial charge in [0.2, 0.25) is 5.91 Å². The van der Waals surface area contributed by atoms with Gasteiger partial charge in [-0.1, -0.05) is 30.3 Å². The summed E-state index contributed by atoms with van der Waals surface area (Å²) in [6.07, 6.45) is 4.29. The number of benzene rings is 2. The second-order valence-corrected chi connectivity index (χ2v) is 8.63. The van der Waals surface area contributed by atoms with Gasteiger partial charge in [0, 0.05) is 31.6 Å². The van der Waals surface area contributed by atoms with E-state index in [0.29, 0.717) is 31.0 Å². The molecule has 1 aliphatic heterocycles. The van der Waals surface area contributed by atoms with Crippen molar-refractivity contribution < 1.29 is 18.3 Å². The molecule has 0 saturated carbocycles. The molecule has 3 aromatic rings. The van der Waals surface area contributed by atoms with Gasteiger partial charge >= 0.3 is 0 Å². The molecule has 0 bridgehead atoms. The third-order valence-corrected chi connectivity index (χ3v) is 6.04. The van der Waals surface area contributed by atoms with Crippen LogP contribution in [0.5, 0.6) is 5.75 Å². The molecule has 1 fully saturated rings. The van der Waals surface area contributed by atoms with Crippen molar-refractivity contribution in [3.8, 4) is 5.75 Å². The number of methoxy groups -OCH3 is 1. The SMILES string of the molecule is COc1ccc(Cc2cnc([C@H]3CCCN(C(=O)CN(C)Cc4ccccc4F)C3)o2)cc1. The molecule has 1 atom stereocenters. The molecule has 0 unspecified atom stereocenters. The molecule has 0 aliphatic carbocycles. The van der Waals surface area contributed by atoms with Crippen molar-refractivity contribution in [2.45, 2.75) is 31.7 Å². The Morgan fingerprint density at radius 2 is 2.03 bits per heavy atom. The fourth-order valence-electron chi connectivity index (χ4n) is 4.25. The van der Waals surface area contributed by atoms with Crippen molar-refractivity contribution in [3.63, 3.8) is 0 Å². The van der Waals surface area contributed by atoms with Gasteiger partial charge in [0.1, 0.15) is 17.3 Å². The number of rotatable bonds is 8.